The second-order valence-electron chi connectivity index (χ2n) is 5.81. The molecule has 3 rings (SSSR count). The molecule has 0 amide bonds. The number of rotatable bonds is 3. The topological polar surface area (TPSA) is 124 Å². The molecule has 0 radical (unpaired) electrons. The van der Waals surface area contributed by atoms with Crippen molar-refractivity contribution in [3.05, 3.63) is 45.4 Å². The van der Waals surface area contributed by atoms with Crippen LogP contribution in [0.4, 0.5) is 0 Å². The molecule has 1 aliphatic rings. The summed E-state index contributed by atoms with van der Waals surface area (Å²) in [5.41, 5.74) is 1.02. The summed E-state index contributed by atoms with van der Waals surface area (Å²) in [7, 11) is -3.61. The van der Waals surface area contributed by atoms with Crippen molar-refractivity contribution >= 4 is 9.84 Å². The van der Waals surface area contributed by atoms with Gasteiger partial charge in [-0.05, 0) is 12.5 Å². The second kappa shape index (κ2) is 5.91. The van der Waals surface area contributed by atoms with Crippen LogP contribution in [0, 0.1) is 0 Å². The molecule has 0 aliphatic carbocycles. The van der Waals surface area contributed by atoms with E-state index in [1.54, 1.807) is 12.1 Å². The summed E-state index contributed by atoms with van der Waals surface area (Å²) in [6, 6.07) is 4.72. The van der Waals surface area contributed by atoms with Crippen LogP contribution in [0.3, 0.4) is 0 Å². The number of fused-ring (bicyclic) bond motifs is 1. The highest BCUT2D eigenvalue weighted by atomic mass is 32.2. The van der Waals surface area contributed by atoms with E-state index in [9.17, 15) is 23.4 Å². The van der Waals surface area contributed by atoms with Crippen LogP contribution in [0.25, 0.3) is 0 Å². The number of sulfone groups is 1. The second-order valence-corrected chi connectivity index (χ2v) is 7.75. The first kappa shape index (κ1) is 16.5. The SMILES string of the molecule is CS(=O)(=O)c1nc2c(c(=O)[nH]1)CCN(Cc1cccc(O)c1O)C2. The number of nitrogens with one attached hydrogen (secondary N) is 1. The fourth-order valence-electron chi connectivity index (χ4n) is 2.73. The van der Waals surface area contributed by atoms with E-state index >= 15 is 0 Å². The van der Waals surface area contributed by atoms with Gasteiger partial charge in [-0.3, -0.25) is 14.7 Å². The van der Waals surface area contributed by atoms with Crippen molar-refractivity contribution < 1.29 is 18.6 Å². The van der Waals surface area contributed by atoms with Gasteiger partial charge >= 0.3 is 0 Å². The minimum absolute atomic E-state index is 0.181. The number of aromatic amines is 1. The number of aromatic hydroxyl groups is 2. The van der Waals surface area contributed by atoms with Crippen LogP contribution >= 0.6 is 0 Å². The lowest BCUT2D eigenvalue weighted by molar-refractivity contribution is 0.235. The number of hydrogen-bond donors (Lipinski definition) is 3. The average molecular weight is 351 g/mol. The van der Waals surface area contributed by atoms with Crippen LogP contribution in [0.5, 0.6) is 11.5 Å². The van der Waals surface area contributed by atoms with E-state index in [4.69, 9.17) is 0 Å². The minimum atomic E-state index is -3.61. The maximum atomic E-state index is 12.0. The third-order valence-electron chi connectivity index (χ3n) is 3.97. The van der Waals surface area contributed by atoms with Crippen molar-refractivity contribution in [1.29, 1.82) is 0 Å². The zero-order valence-corrected chi connectivity index (χ0v) is 13.8. The van der Waals surface area contributed by atoms with Crippen molar-refractivity contribution in [1.82, 2.24) is 14.9 Å². The van der Waals surface area contributed by atoms with Gasteiger partial charge in [0.1, 0.15) is 0 Å². The molecule has 0 atom stereocenters. The van der Waals surface area contributed by atoms with Gasteiger partial charge in [0, 0.05) is 37.0 Å². The molecule has 128 valence electrons. The van der Waals surface area contributed by atoms with Crippen LogP contribution in [-0.2, 0) is 29.3 Å². The molecule has 8 nitrogen and oxygen atoms in total. The molecule has 1 aromatic heterocycles. The lowest BCUT2D eigenvalue weighted by Gasteiger charge is -2.27. The minimum Gasteiger partial charge on any atom is -0.504 e. The first-order valence-electron chi connectivity index (χ1n) is 7.30. The highest BCUT2D eigenvalue weighted by Gasteiger charge is 2.24. The lowest BCUT2D eigenvalue weighted by atomic mass is 10.1. The van der Waals surface area contributed by atoms with Crippen LogP contribution < -0.4 is 5.56 Å². The molecule has 2 aromatic rings. The smallest absolute Gasteiger partial charge is 0.255 e. The predicted octanol–water partition coefficient (Wildman–Crippen LogP) is 0.143. The number of benzene rings is 1. The van der Waals surface area contributed by atoms with Gasteiger partial charge in [0.2, 0.25) is 15.0 Å². The number of hydrogen-bond acceptors (Lipinski definition) is 7. The summed E-state index contributed by atoms with van der Waals surface area (Å²) in [4.78, 5) is 20.4. The van der Waals surface area contributed by atoms with E-state index in [-0.39, 0.29) is 23.2 Å². The van der Waals surface area contributed by atoms with Gasteiger partial charge in [-0.15, -0.1) is 0 Å². The Morgan fingerprint density at radius 2 is 2.08 bits per heavy atom. The molecule has 0 saturated heterocycles. The quantitative estimate of drug-likeness (QED) is 0.531. The Morgan fingerprint density at radius 1 is 1.33 bits per heavy atom. The monoisotopic (exact) mass is 351 g/mol. The molecule has 0 bridgehead atoms. The van der Waals surface area contributed by atoms with Gasteiger partial charge in [0.25, 0.3) is 5.56 Å². The Kier molecular flexibility index (Phi) is 4.06. The van der Waals surface area contributed by atoms with Gasteiger partial charge in [0.15, 0.2) is 11.5 Å². The molecule has 0 saturated carbocycles. The summed E-state index contributed by atoms with van der Waals surface area (Å²) in [5.74, 6) is -0.377. The van der Waals surface area contributed by atoms with E-state index in [1.165, 1.54) is 6.07 Å². The highest BCUT2D eigenvalue weighted by molar-refractivity contribution is 7.90. The first-order chi connectivity index (χ1) is 11.3. The summed E-state index contributed by atoms with van der Waals surface area (Å²) in [5, 5.41) is 19.1. The Hall–Kier alpha value is -2.39. The van der Waals surface area contributed by atoms with E-state index in [0.29, 0.717) is 36.3 Å². The molecule has 3 N–H and O–H groups in total. The predicted molar refractivity (Wildman–Crippen MR) is 85.6 cm³/mol. The third-order valence-corrected chi connectivity index (χ3v) is 4.87. The summed E-state index contributed by atoms with van der Waals surface area (Å²) in [6.07, 6.45) is 1.42. The first-order valence-corrected chi connectivity index (χ1v) is 9.19. The zero-order chi connectivity index (χ0) is 17.5. The standard InChI is InChI=1S/C15H17N3O5S/c1-24(22,23)15-16-11-8-18(6-5-10(11)14(21)17-15)7-9-3-2-4-12(19)13(9)20/h2-4,19-20H,5-8H2,1H3,(H,16,17,21). The molecule has 0 unspecified atom stereocenters. The molecule has 2 heterocycles. The average Bonchev–Trinajstić information content (AvgIpc) is 2.50. The number of phenols is 2. The van der Waals surface area contributed by atoms with E-state index in [0.717, 1.165) is 6.26 Å². The van der Waals surface area contributed by atoms with Crippen LogP contribution in [0.15, 0.2) is 28.2 Å². The van der Waals surface area contributed by atoms with Crippen LogP contribution in [0.2, 0.25) is 0 Å². The number of aromatic nitrogens is 2. The third kappa shape index (κ3) is 3.13. The molecule has 0 fully saturated rings. The van der Waals surface area contributed by atoms with Gasteiger partial charge < -0.3 is 10.2 Å². The fraction of sp³-hybridized carbons (Fsp3) is 0.333. The van der Waals surface area contributed by atoms with Gasteiger partial charge in [-0.2, -0.15) is 0 Å². The fourth-order valence-corrected chi connectivity index (χ4v) is 3.28. The highest BCUT2D eigenvalue weighted by Crippen LogP contribution is 2.30. The van der Waals surface area contributed by atoms with E-state index in [1.807, 2.05) is 4.90 Å². The summed E-state index contributed by atoms with van der Waals surface area (Å²) in [6.45, 7) is 1.20. The molecular formula is C15H17N3O5S. The Bertz CT molecular complexity index is 952. The molecular weight excluding hydrogens is 334 g/mol. The molecule has 1 aliphatic heterocycles. The summed E-state index contributed by atoms with van der Waals surface area (Å²) >= 11 is 0. The number of H-pyrrole nitrogens is 1. The number of nitrogens with zero attached hydrogens (tertiary/aromatic N) is 2. The van der Waals surface area contributed by atoms with Crippen molar-refractivity contribution in [2.24, 2.45) is 0 Å². The largest absolute Gasteiger partial charge is 0.504 e. The Morgan fingerprint density at radius 3 is 2.79 bits per heavy atom. The van der Waals surface area contributed by atoms with Crippen molar-refractivity contribution in [2.75, 3.05) is 12.8 Å². The molecule has 24 heavy (non-hydrogen) atoms. The van der Waals surface area contributed by atoms with Crippen LogP contribution in [0.1, 0.15) is 16.8 Å². The number of phenolic OH excluding ortho intramolecular Hbond substituents is 2. The van der Waals surface area contributed by atoms with E-state index < -0.39 is 15.4 Å². The van der Waals surface area contributed by atoms with E-state index in [2.05, 4.69) is 9.97 Å². The Balaban J connectivity index is 1.90. The maximum Gasteiger partial charge on any atom is 0.255 e. The zero-order valence-electron chi connectivity index (χ0n) is 13.0. The summed E-state index contributed by atoms with van der Waals surface area (Å²) < 4.78 is 23.2. The molecule has 0 spiro atoms. The lowest BCUT2D eigenvalue weighted by Crippen LogP contribution is -2.35. The van der Waals surface area contributed by atoms with Crippen molar-refractivity contribution in [3.8, 4) is 11.5 Å². The molecule has 1 aromatic carbocycles. The maximum absolute atomic E-state index is 12.0. The van der Waals surface area contributed by atoms with Crippen LogP contribution in [-0.4, -0.2) is 46.3 Å². The number of para-hydroxylation sites is 1. The van der Waals surface area contributed by atoms with Crippen molar-refractivity contribution in [2.45, 2.75) is 24.7 Å². The van der Waals surface area contributed by atoms with Gasteiger partial charge in [0.05, 0.1) is 5.69 Å². The Labute approximate surface area is 138 Å². The molecule has 9 heteroatoms. The van der Waals surface area contributed by atoms with Crippen molar-refractivity contribution in [3.63, 3.8) is 0 Å². The normalized spacial score (nSPS) is 15.2. The van der Waals surface area contributed by atoms with Gasteiger partial charge in [-0.1, -0.05) is 12.1 Å². The van der Waals surface area contributed by atoms with Gasteiger partial charge in [-0.25, -0.2) is 13.4 Å².